The van der Waals surface area contributed by atoms with Gasteiger partial charge in [-0.15, -0.1) is 0 Å². The number of alkyl halides is 6. The van der Waals surface area contributed by atoms with Crippen molar-refractivity contribution in [2.24, 2.45) is 0 Å². The Hall–Kier alpha value is -2.58. The van der Waals surface area contributed by atoms with Gasteiger partial charge in [0.1, 0.15) is 22.8 Å². The third-order valence-electron chi connectivity index (χ3n) is 2.74. The zero-order valence-electron chi connectivity index (χ0n) is 11.9. The van der Waals surface area contributed by atoms with E-state index in [0.717, 1.165) is 6.07 Å². The van der Waals surface area contributed by atoms with Crippen molar-refractivity contribution in [3.05, 3.63) is 40.1 Å². The minimum atomic E-state index is -5.99. The third kappa shape index (κ3) is 3.75. The van der Waals surface area contributed by atoms with Crippen LogP contribution >= 0.6 is 0 Å². The van der Waals surface area contributed by atoms with Crippen LogP contribution in [0.2, 0.25) is 0 Å². The molecular weight excluding hydrogens is 373 g/mol. The average molecular weight is 379 g/mol. The van der Waals surface area contributed by atoms with Crippen LogP contribution in [0.15, 0.2) is 5.95 Å². The molecule has 0 saturated heterocycles. The minimum absolute atomic E-state index is 0.453. The first-order valence-corrected chi connectivity index (χ1v) is 6.10. The number of allylic oxidation sites excluding steroid dienone is 1. The summed E-state index contributed by atoms with van der Waals surface area (Å²) in [6.07, 6.45) is -11.9. The van der Waals surface area contributed by atoms with Crippen molar-refractivity contribution in [1.82, 2.24) is 0 Å². The summed E-state index contributed by atoms with van der Waals surface area (Å²) >= 11 is 0. The molecule has 1 aromatic carbocycles. The van der Waals surface area contributed by atoms with Gasteiger partial charge in [0.2, 0.25) is 0 Å². The van der Waals surface area contributed by atoms with Crippen LogP contribution in [0.1, 0.15) is 23.6 Å². The Bertz CT molecular complexity index is 757. The largest absolute Gasteiger partial charge is 0.480 e. The zero-order chi connectivity index (χ0) is 19.7. The smallest absolute Gasteiger partial charge is 0.422 e. The summed E-state index contributed by atoms with van der Waals surface area (Å²) in [7, 11) is 0. The van der Waals surface area contributed by atoms with E-state index in [2.05, 4.69) is 4.74 Å². The molecule has 3 nitrogen and oxygen atoms in total. The molecule has 0 aliphatic heterocycles. The zero-order valence-corrected chi connectivity index (χ0v) is 11.9. The fourth-order valence-electron chi connectivity index (χ4n) is 1.83. The average Bonchev–Trinajstić information content (AvgIpc) is 2.42. The number of aliphatic hydroxyl groups is 1. The molecule has 0 aliphatic rings. The lowest BCUT2D eigenvalue weighted by Gasteiger charge is -2.19. The summed E-state index contributed by atoms with van der Waals surface area (Å²) < 4.78 is 122. The van der Waals surface area contributed by atoms with E-state index >= 15 is 0 Å². The molecule has 1 N–H and O–H groups in total. The molecular formula is C13H6F9NO2. The molecule has 0 atom stereocenters. The van der Waals surface area contributed by atoms with Gasteiger partial charge in [-0.3, -0.25) is 0 Å². The van der Waals surface area contributed by atoms with Crippen molar-refractivity contribution in [2.75, 3.05) is 6.61 Å². The van der Waals surface area contributed by atoms with E-state index in [-0.39, 0.29) is 0 Å². The SMILES string of the molecule is CCO/C(O)=C(/C#N)c1c(F)c(F)c(C(F)(F)F)c(F)c1C(F)(F)F. The monoisotopic (exact) mass is 379 g/mol. The predicted octanol–water partition coefficient (Wildman–Crippen LogP) is 4.93. The van der Waals surface area contributed by atoms with Crippen LogP contribution in [0.4, 0.5) is 39.5 Å². The van der Waals surface area contributed by atoms with Crippen LogP contribution in [0.3, 0.4) is 0 Å². The quantitative estimate of drug-likeness (QED) is 0.351. The van der Waals surface area contributed by atoms with Crippen molar-refractivity contribution in [2.45, 2.75) is 19.3 Å². The maximum absolute atomic E-state index is 13.9. The highest BCUT2D eigenvalue weighted by molar-refractivity contribution is 5.80. The molecule has 0 saturated carbocycles. The summed E-state index contributed by atoms with van der Waals surface area (Å²) in [5.74, 6) is -10.6. The molecule has 138 valence electrons. The summed E-state index contributed by atoms with van der Waals surface area (Å²) in [6, 6.07) is 0.819. The number of aliphatic hydroxyl groups excluding tert-OH is 1. The second-order valence-electron chi connectivity index (χ2n) is 4.29. The minimum Gasteiger partial charge on any atom is -0.480 e. The van der Waals surface area contributed by atoms with Gasteiger partial charge in [-0.2, -0.15) is 31.6 Å². The highest BCUT2D eigenvalue weighted by Crippen LogP contribution is 2.45. The van der Waals surface area contributed by atoms with Crippen molar-refractivity contribution in [3.8, 4) is 6.07 Å². The normalized spacial score (nSPS) is 13.3. The van der Waals surface area contributed by atoms with E-state index in [9.17, 15) is 44.6 Å². The van der Waals surface area contributed by atoms with E-state index in [1.54, 1.807) is 0 Å². The highest BCUT2D eigenvalue weighted by Gasteiger charge is 2.49. The lowest BCUT2D eigenvalue weighted by atomic mass is 9.95. The predicted molar refractivity (Wildman–Crippen MR) is 63.1 cm³/mol. The number of rotatable bonds is 3. The topological polar surface area (TPSA) is 53.2 Å². The van der Waals surface area contributed by atoms with Gasteiger partial charge < -0.3 is 9.84 Å². The van der Waals surface area contributed by atoms with Crippen molar-refractivity contribution >= 4 is 5.57 Å². The number of benzene rings is 1. The number of nitrogens with zero attached hydrogens (tertiary/aromatic N) is 1. The van der Waals surface area contributed by atoms with Crippen LogP contribution in [0.25, 0.3) is 5.57 Å². The molecule has 25 heavy (non-hydrogen) atoms. The van der Waals surface area contributed by atoms with Crippen LogP contribution in [0, 0.1) is 28.8 Å². The molecule has 0 spiro atoms. The first-order valence-electron chi connectivity index (χ1n) is 6.10. The van der Waals surface area contributed by atoms with Crippen LogP contribution in [-0.4, -0.2) is 11.7 Å². The second kappa shape index (κ2) is 6.73. The Kier molecular flexibility index (Phi) is 5.51. The fourth-order valence-corrected chi connectivity index (χ4v) is 1.83. The number of nitriles is 1. The maximum Gasteiger partial charge on any atom is 0.422 e. The van der Waals surface area contributed by atoms with Crippen LogP contribution < -0.4 is 0 Å². The molecule has 1 rings (SSSR count). The number of ether oxygens (including phenoxy) is 1. The highest BCUT2D eigenvalue weighted by atomic mass is 19.4. The third-order valence-corrected chi connectivity index (χ3v) is 2.74. The molecule has 0 radical (unpaired) electrons. The fraction of sp³-hybridized carbons (Fsp3) is 0.308. The first-order chi connectivity index (χ1) is 11.3. The first kappa shape index (κ1) is 20.5. The molecule has 0 fully saturated rings. The molecule has 0 aromatic heterocycles. The molecule has 0 heterocycles. The van der Waals surface area contributed by atoms with Crippen LogP contribution in [-0.2, 0) is 17.1 Å². The van der Waals surface area contributed by atoms with E-state index in [1.165, 1.54) is 6.92 Å². The van der Waals surface area contributed by atoms with Gasteiger partial charge in [-0.1, -0.05) is 0 Å². The van der Waals surface area contributed by atoms with Crippen molar-refractivity contribution < 1.29 is 49.4 Å². The molecule has 0 amide bonds. The Labute approximate surface area is 133 Å². The molecule has 0 bridgehead atoms. The Morgan fingerprint density at radius 1 is 0.960 bits per heavy atom. The van der Waals surface area contributed by atoms with Gasteiger partial charge >= 0.3 is 12.4 Å². The Morgan fingerprint density at radius 3 is 1.80 bits per heavy atom. The summed E-state index contributed by atoms with van der Waals surface area (Å²) in [5, 5.41) is 18.1. The van der Waals surface area contributed by atoms with Crippen molar-refractivity contribution in [3.63, 3.8) is 0 Å². The summed E-state index contributed by atoms with van der Waals surface area (Å²) in [4.78, 5) is 0. The van der Waals surface area contributed by atoms with Gasteiger partial charge in [0.05, 0.1) is 12.2 Å². The van der Waals surface area contributed by atoms with E-state index < -0.39 is 64.6 Å². The second-order valence-corrected chi connectivity index (χ2v) is 4.29. The van der Waals surface area contributed by atoms with Crippen molar-refractivity contribution in [1.29, 1.82) is 5.26 Å². The lowest BCUT2D eigenvalue weighted by molar-refractivity contribution is -0.150. The Balaban J connectivity index is 4.13. The van der Waals surface area contributed by atoms with Crippen LogP contribution in [0.5, 0.6) is 0 Å². The maximum atomic E-state index is 13.9. The molecule has 0 unspecified atom stereocenters. The van der Waals surface area contributed by atoms with Gasteiger partial charge in [0.25, 0.3) is 5.95 Å². The standard InChI is InChI=1S/C13H6F9NO2/c1-2-25-11(24)4(3-23)5-6(12(17,18)19)9(15)7(13(20,21)22)10(16)8(5)14/h24H,2H2,1H3/b11-4-. The van der Waals surface area contributed by atoms with E-state index in [4.69, 9.17) is 5.26 Å². The van der Waals surface area contributed by atoms with Gasteiger partial charge in [-0.05, 0) is 6.92 Å². The van der Waals surface area contributed by atoms with E-state index in [0.29, 0.717) is 0 Å². The van der Waals surface area contributed by atoms with Gasteiger partial charge in [0, 0.05) is 0 Å². The number of hydrogen-bond acceptors (Lipinski definition) is 3. The molecule has 0 aliphatic carbocycles. The van der Waals surface area contributed by atoms with Gasteiger partial charge in [0.15, 0.2) is 17.5 Å². The Morgan fingerprint density at radius 2 is 1.44 bits per heavy atom. The van der Waals surface area contributed by atoms with E-state index in [1.807, 2.05) is 0 Å². The van der Waals surface area contributed by atoms with Gasteiger partial charge in [-0.25, -0.2) is 13.2 Å². The molecule has 1 aromatic rings. The summed E-state index contributed by atoms with van der Waals surface area (Å²) in [5.41, 5.74) is -9.97. The summed E-state index contributed by atoms with van der Waals surface area (Å²) in [6.45, 7) is 0.728. The lowest BCUT2D eigenvalue weighted by Crippen LogP contribution is -2.22. The number of halogens is 9. The number of hydrogen-bond donors (Lipinski definition) is 1. The molecule has 12 heteroatoms.